The molecule has 2 aromatic rings. The highest BCUT2D eigenvalue weighted by atomic mass is 32.1. The number of nitrogens with zero attached hydrogens (tertiary/aromatic N) is 3. The number of rotatable bonds is 7. The summed E-state index contributed by atoms with van der Waals surface area (Å²) in [5, 5.41) is 11.1. The molecule has 0 N–H and O–H groups in total. The van der Waals surface area contributed by atoms with Gasteiger partial charge in [0.25, 0.3) is 0 Å². The number of halogens is 1. The van der Waals surface area contributed by atoms with E-state index in [4.69, 9.17) is 0 Å². The summed E-state index contributed by atoms with van der Waals surface area (Å²) in [5.74, 6) is 0.178. The number of nitro groups is 1. The van der Waals surface area contributed by atoms with Gasteiger partial charge in [-0.1, -0.05) is 36.7 Å². The molecule has 2 heterocycles. The van der Waals surface area contributed by atoms with Gasteiger partial charge in [-0.15, -0.1) is 0 Å². The van der Waals surface area contributed by atoms with Crippen molar-refractivity contribution in [3.05, 3.63) is 57.0 Å². The minimum atomic E-state index is -0.437. The number of pyridine rings is 1. The van der Waals surface area contributed by atoms with Gasteiger partial charge in [-0.25, -0.2) is 4.98 Å². The van der Waals surface area contributed by atoms with Crippen molar-refractivity contribution < 1.29 is 9.31 Å². The molecule has 1 aliphatic rings. The highest BCUT2D eigenvalue weighted by Gasteiger charge is 2.20. The molecular weight excluding hydrogens is 341 g/mol. The minimum absolute atomic E-state index is 0.153. The third-order valence-electron chi connectivity index (χ3n) is 4.68. The van der Waals surface area contributed by atoms with Gasteiger partial charge in [0, 0.05) is 42.3 Å². The lowest BCUT2D eigenvalue weighted by atomic mass is 9.89. The second-order valence-electron chi connectivity index (χ2n) is 6.62. The van der Waals surface area contributed by atoms with E-state index in [1.807, 2.05) is 0 Å². The zero-order valence-corrected chi connectivity index (χ0v) is 14.9. The van der Waals surface area contributed by atoms with Crippen molar-refractivity contribution in [2.75, 3.05) is 6.54 Å². The molecule has 0 amide bonds. The molecule has 134 valence electrons. The van der Waals surface area contributed by atoms with Crippen molar-refractivity contribution in [3.8, 4) is 0 Å². The first-order valence-electron chi connectivity index (χ1n) is 8.66. The number of hydrogen-bond acceptors (Lipinski definition) is 5. The average molecular weight is 363 g/mol. The summed E-state index contributed by atoms with van der Waals surface area (Å²) < 4.78 is 14.0. The van der Waals surface area contributed by atoms with Gasteiger partial charge >= 0.3 is 5.00 Å². The van der Waals surface area contributed by atoms with E-state index >= 15 is 0 Å². The Morgan fingerprint density at radius 2 is 2.04 bits per heavy atom. The second kappa shape index (κ2) is 8.49. The van der Waals surface area contributed by atoms with E-state index in [2.05, 4.69) is 9.88 Å². The second-order valence-corrected chi connectivity index (χ2v) is 7.77. The van der Waals surface area contributed by atoms with E-state index in [9.17, 15) is 14.5 Å². The Bertz CT molecular complexity index is 716. The van der Waals surface area contributed by atoms with Crippen molar-refractivity contribution >= 4 is 16.3 Å². The van der Waals surface area contributed by atoms with Gasteiger partial charge < -0.3 is 0 Å². The van der Waals surface area contributed by atoms with Gasteiger partial charge in [-0.05, 0) is 30.9 Å². The maximum atomic E-state index is 14.0. The van der Waals surface area contributed by atoms with Crippen LogP contribution in [0.1, 0.15) is 42.5 Å². The Morgan fingerprint density at radius 1 is 1.24 bits per heavy atom. The lowest BCUT2D eigenvalue weighted by molar-refractivity contribution is -0.380. The number of thiophene rings is 1. The lowest BCUT2D eigenvalue weighted by Gasteiger charge is -2.29. The molecule has 1 fully saturated rings. The molecule has 2 aromatic heterocycles. The van der Waals surface area contributed by atoms with Gasteiger partial charge in [-0.2, -0.15) is 4.39 Å². The smallest absolute Gasteiger partial charge is 0.294 e. The van der Waals surface area contributed by atoms with Gasteiger partial charge in [0.1, 0.15) is 0 Å². The monoisotopic (exact) mass is 363 g/mol. The maximum Gasteiger partial charge on any atom is 0.324 e. The summed E-state index contributed by atoms with van der Waals surface area (Å²) in [7, 11) is 0. The molecule has 25 heavy (non-hydrogen) atoms. The first kappa shape index (κ1) is 17.9. The highest BCUT2D eigenvalue weighted by molar-refractivity contribution is 7.15. The average Bonchev–Trinajstić information content (AvgIpc) is 3.07. The highest BCUT2D eigenvalue weighted by Crippen LogP contribution is 2.28. The molecule has 0 radical (unpaired) electrons. The maximum absolute atomic E-state index is 14.0. The van der Waals surface area contributed by atoms with Crippen molar-refractivity contribution in [2.24, 2.45) is 5.92 Å². The first-order chi connectivity index (χ1) is 12.1. The molecule has 0 spiro atoms. The first-order valence-corrected chi connectivity index (χ1v) is 9.48. The van der Waals surface area contributed by atoms with Crippen molar-refractivity contribution in [1.29, 1.82) is 0 Å². The van der Waals surface area contributed by atoms with E-state index in [1.165, 1.54) is 49.6 Å². The number of aromatic nitrogens is 1. The molecule has 7 heteroatoms. The third-order valence-corrected chi connectivity index (χ3v) is 5.70. The largest absolute Gasteiger partial charge is 0.324 e. The quantitative estimate of drug-likeness (QED) is 0.404. The molecular formula is C18H22FN3O2S. The fraction of sp³-hybridized carbons (Fsp3) is 0.500. The summed E-state index contributed by atoms with van der Waals surface area (Å²) >= 11 is 1.20. The van der Waals surface area contributed by atoms with Crippen LogP contribution in [-0.4, -0.2) is 21.4 Å². The van der Waals surface area contributed by atoms with Gasteiger partial charge in [0.15, 0.2) is 0 Å². The standard InChI is InChI=1S/C18H22FN3O2S/c19-18-15(7-4-10-20-18)12-21(11-14-5-2-1-3-6-14)13-16-8-9-17(25-16)22(23)24/h4,7-10,14H,1-3,5-6,11-13H2. The van der Waals surface area contributed by atoms with Crippen LogP contribution in [0.4, 0.5) is 9.39 Å². The van der Waals surface area contributed by atoms with E-state index in [0.29, 0.717) is 24.6 Å². The predicted octanol–water partition coefficient (Wildman–Crippen LogP) is 4.77. The van der Waals surface area contributed by atoms with Crippen LogP contribution in [-0.2, 0) is 13.1 Å². The fourth-order valence-electron chi connectivity index (χ4n) is 3.47. The summed E-state index contributed by atoms with van der Waals surface area (Å²) in [6.07, 6.45) is 7.67. The van der Waals surface area contributed by atoms with Crippen LogP contribution in [0.2, 0.25) is 0 Å². The van der Waals surface area contributed by atoms with Gasteiger partial charge in [-0.3, -0.25) is 15.0 Å². The van der Waals surface area contributed by atoms with Crippen LogP contribution in [0.3, 0.4) is 0 Å². The van der Waals surface area contributed by atoms with E-state index < -0.39 is 5.95 Å². The molecule has 0 aromatic carbocycles. The van der Waals surface area contributed by atoms with Crippen molar-refractivity contribution in [2.45, 2.75) is 45.2 Å². The normalized spacial score (nSPS) is 15.6. The summed E-state index contributed by atoms with van der Waals surface area (Å²) in [6, 6.07) is 6.85. The van der Waals surface area contributed by atoms with E-state index in [1.54, 1.807) is 24.3 Å². The summed E-state index contributed by atoms with van der Waals surface area (Å²) in [4.78, 5) is 17.4. The van der Waals surface area contributed by atoms with Crippen LogP contribution in [0.5, 0.6) is 0 Å². The SMILES string of the molecule is O=[N+]([O-])c1ccc(CN(Cc2cccnc2F)CC2CCCCC2)s1. The van der Waals surface area contributed by atoms with E-state index in [-0.39, 0.29) is 9.92 Å². The fourth-order valence-corrected chi connectivity index (χ4v) is 4.33. The Labute approximate surface area is 150 Å². The molecule has 1 aliphatic carbocycles. The number of hydrogen-bond donors (Lipinski definition) is 0. The van der Waals surface area contributed by atoms with Crippen LogP contribution < -0.4 is 0 Å². The minimum Gasteiger partial charge on any atom is -0.294 e. The van der Waals surface area contributed by atoms with Crippen molar-refractivity contribution in [3.63, 3.8) is 0 Å². The van der Waals surface area contributed by atoms with Crippen LogP contribution in [0.25, 0.3) is 0 Å². The van der Waals surface area contributed by atoms with Crippen LogP contribution in [0, 0.1) is 22.0 Å². The Hall–Kier alpha value is -1.86. The zero-order valence-electron chi connectivity index (χ0n) is 14.1. The Kier molecular flexibility index (Phi) is 6.09. The van der Waals surface area contributed by atoms with Crippen molar-refractivity contribution in [1.82, 2.24) is 9.88 Å². The third kappa shape index (κ3) is 5.06. The topological polar surface area (TPSA) is 59.3 Å². The van der Waals surface area contributed by atoms with E-state index in [0.717, 1.165) is 11.4 Å². The van der Waals surface area contributed by atoms with Crippen LogP contribution >= 0.6 is 11.3 Å². The molecule has 0 atom stereocenters. The summed E-state index contributed by atoms with van der Waals surface area (Å²) in [5.41, 5.74) is 0.573. The lowest BCUT2D eigenvalue weighted by Crippen LogP contribution is -2.30. The molecule has 1 saturated carbocycles. The zero-order chi connectivity index (χ0) is 17.6. The predicted molar refractivity (Wildman–Crippen MR) is 95.9 cm³/mol. The van der Waals surface area contributed by atoms with Gasteiger partial charge in [0.05, 0.1) is 4.92 Å². The summed E-state index contributed by atoms with van der Waals surface area (Å²) in [6.45, 7) is 1.96. The molecule has 0 aliphatic heterocycles. The molecule has 0 unspecified atom stereocenters. The Morgan fingerprint density at radius 3 is 2.72 bits per heavy atom. The van der Waals surface area contributed by atoms with Gasteiger partial charge in [0.2, 0.25) is 5.95 Å². The molecule has 3 rings (SSSR count). The molecule has 5 nitrogen and oxygen atoms in total. The molecule has 0 saturated heterocycles. The van der Waals surface area contributed by atoms with Crippen LogP contribution in [0.15, 0.2) is 30.5 Å². The molecule has 0 bridgehead atoms. The Balaban J connectivity index is 1.72.